The Morgan fingerprint density at radius 3 is 2.54 bits per heavy atom. The molecule has 3 saturated carbocycles. The summed E-state index contributed by atoms with van der Waals surface area (Å²) in [4.78, 5) is 2.33. The first kappa shape index (κ1) is 28.0. The van der Waals surface area contributed by atoms with E-state index < -0.39 is 20.6 Å². The molecule has 2 nitrogen and oxygen atoms in total. The molecule has 5 rings (SSSR count). The number of fused-ring (bicyclic) bond motifs is 4. The van der Waals surface area contributed by atoms with Crippen LogP contribution in [-0.2, 0) is 3.12 Å². The van der Waals surface area contributed by atoms with Gasteiger partial charge < -0.3 is 0 Å². The van der Waals surface area contributed by atoms with Crippen LogP contribution in [0.15, 0.2) is 42.5 Å². The van der Waals surface area contributed by atoms with Gasteiger partial charge in [0.2, 0.25) is 0 Å². The van der Waals surface area contributed by atoms with Crippen molar-refractivity contribution >= 4 is 34.9 Å². The van der Waals surface area contributed by atoms with Crippen LogP contribution in [-0.4, -0.2) is 27.2 Å². The Bertz CT molecular complexity index is 1020. The second-order valence-electron chi connectivity index (χ2n) is 13.3. The minimum atomic E-state index is -1.90. The van der Waals surface area contributed by atoms with E-state index in [-0.39, 0.29) is 0 Å². The average molecular weight is 613 g/mol. The Kier molecular flexibility index (Phi) is 9.31. The summed E-state index contributed by atoms with van der Waals surface area (Å²) < 4.78 is 7.63. The zero-order chi connectivity index (χ0) is 25.9. The van der Waals surface area contributed by atoms with E-state index in [0.29, 0.717) is 10.8 Å². The zero-order valence-electron chi connectivity index (χ0n) is 24.1. The molecule has 1 N–H and O–H groups in total. The van der Waals surface area contributed by atoms with Gasteiger partial charge in [-0.1, -0.05) is 19.8 Å². The molecule has 0 saturated heterocycles. The molecule has 2 aromatic carbocycles. The molecule has 0 aromatic heterocycles. The van der Waals surface area contributed by atoms with Crippen LogP contribution in [0.5, 0.6) is 0 Å². The maximum absolute atomic E-state index is 6.21. The molecular weight excluding hydrogens is 560 g/mol. The molecule has 0 heterocycles. The molecule has 0 amide bonds. The second-order valence-corrected chi connectivity index (χ2v) is 18.1. The van der Waals surface area contributed by atoms with Crippen molar-refractivity contribution in [3.05, 3.63) is 42.5 Å². The molecule has 5 unspecified atom stereocenters. The van der Waals surface area contributed by atoms with Gasteiger partial charge in [-0.15, -0.1) is 0 Å². The normalized spacial score (nSPS) is 34.2. The number of benzene rings is 2. The number of hydrogen-bond donors (Lipinski definition) is 1. The maximum atomic E-state index is 6.21. The Morgan fingerprint density at radius 2 is 1.70 bits per heavy atom. The summed E-state index contributed by atoms with van der Waals surface area (Å²) in [5, 5.41) is 2.65. The molecule has 0 aliphatic heterocycles. The van der Waals surface area contributed by atoms with Crippen LogP contribution in [0, 0.1) is 34.5 Å². The van der Waals surface area contributed by atoms with E-state index in [9.17, 15) is 0 Å². The van der Waals surface area contributed by atoms with Crippen molar-refractivity contribution < 1.29 is 3.12 Å². The van der Waals surface area contributed by atoms with Crippen molar-refractivity contribution in [3.8, 4) is 0 Å². The van der Waals surface area contributed by atoms with Crippen LogP contribution in [0.1, 0.15) is 104 Å². The molecule has 0 radical (unpaired) electrons. The van der Waals surface area contributed by atoms with Gasteiger partial charge in [-0.05, 0) is 0 Å². The van der Waals surface area contributed by atoms with Gasteiger partial charge in [0.1, 0.15) is 0 Å². The van der Waals surface area contributed by atoms with Crippen molar-refractivity contribution in [2.24, 2.45) is 34.5 Å². The third kappa shape index (κ3) is 5.83. The van der Waals surface area contributed by atoms with E-state index in [1.807, 2.05) is 0 Å². The predicted molar refractivity (Wildman–Crippen MR) is 160 cm³/mol. The fraction of sp³-hybridized carbons (Fsp3) is 0.706. The quantitative estimate of drug-likeness (QED) is 0.174. The van der Waals surface area contributed by atoms with Gasteiger partial charge >= 0.3 is 216 Å². The monoisotopic (exact) mass is 611 g/mol. The fourth-order valence-electron chi connectivity index (χ4n) is 9.43. The number of unbranched alkanes of at least 4 members (excludes halogenated alkanes) is 1. The van der Waals surface area contributed by atoms with Crippen LogP contribution >= 0.6 is 0 Å². The predicted octanol–water partition coefficient (Wildman–Crippen LogP) is 8.80. The van der Waals surface area contributed by atoms with Gasteiger partial charge in [0, 0.05) is 0 Å². The first-order valence-electron chi connectivity index (χ1n) is 15.6. The molecule has 3 fully saturated rings. The van der Waals surface area contributed by atoms with E-state index in [1.54, 1.807) is 0 Å². The van der Waals surface area contributed by atoms with Crippen molar-refractivity contribution in [1.29, 1.82) is 0 Å². The van der Waals surface area contributed by atoms with Gasteiger partial charge in [-0.2, -0.15) is 0 Å². The third-order valence-corrected chi connectivity index (χ3v) is 15.4. The van der Waals surface area contributed by atoms with Crippen LogP contribution in [0.2, 0.25) is 4.87 Å². The average Bonchev–Trinajstić information content (AvgIpc) is 3.24. The molecule has 6 atom stereocenters. The first-order valence-corrected chi connectivity index (χ1v) is 20.4. The summed E-state index contributed by atoms with van der Waals surface area (Å²) in [6.07, 6.45) is 18.8. The number of hydroxylamine groups is 1. The van der Waals surface area contributed by atoms with Crippen LogP contribution in [0.3, 0.4) is 0 Å². The minimum absolute atomic E-state index is 0.576. The van der Waals surface area contributed by atoms with Crippen LogP contribution in [0.25, 0.3) is 10.8 Å². The molecule has 0 bridgehead atoms. The van der Waals surface area contributed by atoms with Gasteiger partial charge in [0.15, 0.2) is 0 Å². The summed E-state index contributed by atoms with van der Waals surface area (Å²) in [6, 6.07) is 15.5. The Morgan fingerprint density at radius 1 is 0.892 bits per heavy atom. The summed E-state index contributed by atoms with van der Waals surface area (Å²) >= 11 is -1.90. The van der Waals surface area contributed by atoms with E-state index in [0.717, 1.165) is 30.2 Å². The van der Waals surface area contributed by atoms with Crippen molar-refractivity contribution in [1.82, 2.24) is 5.48 Å². The van der Waals surface area contributed by atoms with Crippen molar-refractivity contribution in [2.75, 3.05) is 6.54 Å². The summed E-state index contributed by atoms with van der Waals surface area (Å²) in [5.74, 6) is 3.87. The van der Waals surface area contributed by atoms with Gasteiger partial charge in [0.05, 0.1) is 0 Å². The van der Waals surface area contributed by atoms with Gasteiger partial charge in [-0.3, -0.25) is 0 Å². The third-order valence-electron chi connectivity index (χ3n) is 11.4. The van der Waals surface area contributed by atoms with Gasteiger partial charge in [0.25, 0.3) is 0 Å². The van der Waals surface area contributed by atoms with Crippen LogP contribution < -0.4 is 8.99 Å². The fourth-order valence-corrected chi connectivity index (χ4v) is 12.3. The topological polar surface area (TPSA) is 21.3 Å². The molecule has 37 heavy (non-hydrogen) atoms. The standard InChI is InChI=1S/C23H42NO.C10H7.CH3.Sb/c1-4-18-10-9-16-22(2)19(11-6-8-17-24-25)13-14-21(22)23(3)15-7-5-12-20(18)23;1-2-6-10-8-4-3-7-9(10)5-1;;/h18-21,24H,4-17H2,1-3H3;1-3,5-8H;1H3;/q-1;;;+1/t18-,19?,20?,21?,22?,23?;;;/m0.../s1. The van der Waals surface area contributed by atoms with Crippen molar-refractivity contribution in [3.63, 3.8) is 0 Å². The second kappa shape index (κ2) is 12.3. The molecule has 2 aromatic rings. The number of nitrogens with one attached hydrogen (secondary N) is 1. The van der Waals surface area contributed by atoms with Gasteiger partial charge in [-0.25, -0.2) is 0 Å². The Balaban J connectivity index is 1.11. The molecular formula is C34H52NOSb. The van der Waals surface area contributed by atoms with Crippen molar-refractivity contribution in [2.45, 2.75) is 109 Å². The Hall–Kier alpha value is -0.562. The summed E-state index contributed by atoms with van der Waals surface area (Å²) in [6.45, 7) is 8.95. The van der Waals surface area contributed by atoms with E-state index >= 15 is 0 Å². The summed E-state index contributed by atoms with van der Waals surface area (Å²) in [7, 11) is 0. The summed E-state index contributed by atoms with van der Waals surface area (Å²) in [5.41, 5.74) is 4.55. The number of hydrogen-bond acceptors (Lipinski definition) is 2. The molecule has 0 spiro atoms. The van der Waals surface area contributed by atoms with Crippen LogP contribution in [0.4, 0.5) is 0 Å². The van der Waals surface area contributed by atoms with E-state index in [2.05, 4.69) is 73.6 Å². The Labute approximate surface area is 235 Å². The van der Waals surface area contributed by atoms with E-state index in [1.165, 1.54) is 97.8 Å². The zero-order valence-corrected chi connectivity index (χ0v) is 26.7. The number of rotatable bonds is 9. The van der Waals surface area contributed by atoms with E-state index in [4.69, 9.17) is 3.12 Å². The molecule has 3 aliphatic carbocycles. The molecule has 3 aliphatic rings. The molecule has 3 heteroatoms. The SMILES string of the molecule is CC[C@H]1CCCC2(C)C(CCCCN[O][Sb]([CH3])[c]3ccc4ccccc4c3)CCC2C2(C)CCCCC12. The molecule has 204 valence electrons. The first-order chi connectivity index (χ1) is 18.0.